The monoisotopic (exact) mass is 435 g/mol. The molecule has 1 aliphatic rings. The molecule has 3 rings (SSSR count). The van der Waals surface area contributed by atoms with Crippen molar-refractivity contribution in [3.8, 4) is 0 Å². The van der Waals surface area contributed by atoms with Gasteiger partial charge in [-0.3, -0.25) is 4.79 Å². The van der Waals surface area contributed by atoms with Gasteiger partial charge in [-0.25, -0.2) is 19.3 Å². The molecule has 1 heterocycles. The van der Waals surface area contributed by atoms with Gasteiger partial charge in [0, 0.05) is 25.6 Å². The molecule has 1 aliphatic heterocycles. The van der Waals surface area contributed by atoms with Crippen molar-refractivity contribution in [2.45, 2.75) is 24.3 Å². The van der Waals surface area contributed by atoms with Crippen LogP contribution >= 0.6 is 11.8 Å². The summed E-state index contributed by atoms with van der Waals surface area (Å²) in [5.41, 5.74) is 3.57. The fourth-order valence-corrected chi connectivity index (χ4v) is 4.55. The molecule has 0 radical (unpaired) electrons. The minimum atomic E-state index is -0.995. The summed E-state index contributed by atoms with van der Waals surface area (Å²) >= 11 is 1.20. The van der Waals surface area contributed by atoms with Gasteiger partial charge < -0.3 is 9.57 Å². The third-order valence-corrected chi connectivity index (χ3v) is 6.25. The molecular formula is C21H23F2N3O3S. The maximum atomic E-state index is 14.5. The lowest BCUT2D eigenvalue weighted by Gasteiger charge is -2.36. The van der Waals surface area contributed by atoms with Crippen LogP contribution in [0.5, 0.6) is 0 Å². The Labute approximate surface area is 178 Å². The van der Waals surface area contributed by atoms with Crippen LogP contribution in [0.3, 0.4) is 0 Å². The van der Waals surface area contributed by atoms with Crippen molar-refractivity contribution < 1.29 is 23.1 Å². The smallest absolute Gasteiger partial charge is 0.273 e. The zero-order valence-corrected chi connectivity index (χ0v) is 17.7. The van der Waals surface area contributed by atoms with Crippen LogP contribution in [0.1, 0.15) is 24.5 Å². The number of methoxy groups -OCH3 is 1. The van der Waals surface area contributed by atoms with Gasteiger partial charge in [0.15, 0.2) is 0 Å². The topological polar surface area (TPSA) is 63.2 Å². The third-order valence-electron chi connectivity index (χ3n) is 4.80. The highest BCUT2D eigenvalue weighted by atomic mass is 32.2. The number of carbonyl (C=O) groups is 1. The van der Waals surface area contributed by atoms with Crippen molar-refractivity contribution in [3.05, 3.63) is 71.3 Å². The highest BCUT2D eigenvalue weighted by Gasteiger charge is 2.49. The van der Waals surface area contributed by atoms with Crippen LogP contribution in [-0.4, -0.2) is 42.8 Å². The molecule has 0 saturated carbocycles. The maximum absolute atomic E-state index is 14.5. The van der Waals surface area contributed by atoms with Crippen LogP contribution in [-0.2, 0) is 19.2 Å². The molecule has 1 N–H and O–H groups in total. The van der Waals surface area contributed by atoms with Crippen LogP contribution in [0, 0.1) is 11.6 Å². The Morgan fingerprint density at radius 3 is 2.63 bits per heavy atom. The highest BCUT2D eigenvalue weighted by Crippen LogP contribution is 2.50. The number of halogens is 2. The summed E-state index contributed by atoms with van der Waals surface area (Å²) in [6, 6.07) is 12.5. The Balaban J connectivity index is 2.13. The second-order valence-electron chi connectivity index (χ2n) is 6.66. The first-order valence-corrected chi connectivity index (χ1v) is 10.2. The summed E-state index contributed by atoms with van der Waals surface area (Å²) in [5, 5.41) is 5.98. The Morgan fingerprint density at radius 2 is 1.97 bits per heavy atom. The number of benzene rings is 2. The van der Waals surface area contributed by atoms with E-state index in [-0.39, 0.29) is 10.6 Å². The van der Waals surface area contributed by atoms with Crippen molar-refractivity contribution >= 4 is 22.7 Å². The summed E-state index contributed by atoms with van der Waals surface area (Å²) < 4.78 is 33.6. The van der Waals surface area contributed by atoms with E-state index in [0.29, 0.717) is 13.0 Å². The lowest BCUT2D eigenvalue weighted by molar-refractivity contribution is -0.144. The maximum Gasteiger partial charge on any atom is 0.273 e. The number of nitrogens with zero attached hydrogens (tertiary/aromatic N) is 2. The average Bonchev–Trinajstić information content (AvgIpc) is 3.15. The molecular weight excluding hydrogens is 412 g/mol. The number of hydroxylamine groups is 1. The van der Waals surface area contributed by atoms with E-state index in [1.807, 2.05) is 30.3 Å². The van der Waals surface area contributed by atoms with Gasteiger partial charge in [0.05, 0.1) is 7.11 Å². The molecule has 2 aromatic carbocycles. The van der Waals surface area contributed by atoms with E-state index in [2.05, 4.69) is 10.6 Å². The molecule has 30 heavy (non-hydrogen) atoms. The Hall–Kier alpha value is -2.33. The molecule has 1 amide bonds. The lowest BCUT2D eigenvalue weighted by atomic mass is 10.0. The Morgan fingerprint density at radius 1 is 1.23 bits per heavy atom. The van der Waals surface area contributed by atoms with E-state index in [9.17, 15) is 13.6 Å². The predicted molar refractivity (Wildman–Crippen MR) is 112 cm³/mol. The largest absolute Gasteiger partial charge is 0.372 e. The standard InChI is InChI=1S/C21H23F2N3O3S/c1-14(28-2)20(27)26-21(11-12-24-29-3,15-7-5-4-6-8-15)30-19(25-26)17-13-16(22)9-10-18(17)23/h4-10,13-14,24H,11-12H2,1-3H3/t14-,21?/m0/s1. The van der Waals surface area contributed by atoms with Crippen molar-refractivity contribution in [1.82, 2.24) is 10.5 Å². The van der Waals surface area contributed by atoms with Crippen molar-refractivity contribution in [2.75, 3.05) is 20.8 Å². The van der Waals surface area contributed by atoms with Gasteiger partial charge in [-0.1, -0.05) is 42.1 Å². The van der Waals surface area contributed by atoms with E-state index < -0.39 is 28.5 Å². The van der Waals surface area contributed by atoms with Crippen molar-refractivity contribution in [2.24, 2.45) is 5.10 Å². The number of thioether (sulfide) groups is 1. The molecule has 0 saturated heterocycles. The second kappa shape index (κ2) is 9.65. The first-order valence-electron chi connectivity index (χ1n) is 9.34. The SMILES string of the molecule is CONCCC1(c2ccccc2)SC(c2cc(F)ccc2F)=NN1C(=O)[C@H](C)OC. The number of nitrogens with one attached hydrogen (secondary N) is 1. The number of ether oxygens (including phenoxy) is 1. The minimum Gasteiger partial charge on any atom is -0.372 e. The van der Waals surface area contributed by atoms with Gasteiger partial charge in [0.1, 0.15) is 27.7 Å². The van der Waals surface area contributed by atoms with Crippen molar-refractivity contribution in [3.63, 3.8) is 0 Å². The third kappa shape index (κ3) is 4.39. The normalized spacial score (nSPS) is 19.6. The molecule has 1 unspecified atom stereocenters. The van der Waals surface area contributed by atoms with Gasteiger partial charge in [0.2, 0.25) is 0 Å². The summed E-state index contributed by atoms with van der Waals surface area (Å²) in [4.78, 5) is 17.2. The number of hydrogen-bond donors (Lipinski definition) is 1. The quantitative estimate of drug-likeness (QED) is 0.507. The zero-order valence-electron chi connectivity index (χ0n) is 16.9. The van der Waals surface area contributed by atoms with E-state index in [1.54, 1.807) is 6.92 Å². The van der Waals surface area contributed by atoms with E-state index in [1.165, 1.54) is 31.0 Å². The Bertz CT molecular complexity index is 929. The molecule has 6 nitrogen and oxygen atoms in total. The summed E-state index contributed by atoms with van der Waals surface area (Å²) in [6.45, 7) is 2.00. The van der Waals surface area contributed by atoms with E-state index in [4.69, 9.17) is 9.57 Å². The van der Waals surface area contributed by atoms with Crippen LogP contribution in [0.25, 0.3) is 0 Å². The highest BCUT2D eigenvalue weighted by molar-refractivity contribution is 8.15. The zero-order chi connectivity index (χ0) is 21.7. The van der Waals surface area contributed by atoms with Gasteiger partial charge >= 0.3 is 0 Å². The fourth-order valence-electron chi connectivity index (χ4n) is 3.17. The first kappa shape index (κ1) is 22.4. The number of amides is 1. The first-order chi connectivity index (χ1) is 14.4. The van der Waals surface area contributed by atoms with Gasteiger partial charge in [-0.05, 0) is 30.7 Å². The number of rotatable bonds is 8. The summed E-state index contributed by atoms with van der Waals surface area (Å²) in [6.07, 6.45) is -0.383. The molecule has 2 atom stereocenters. The summed E-state index contributed by atoms with van der Waals surface area (Å²) in [7, 11) is 2.93. The second-order valence-corrected chi connectivity index (χ2v) is 7.92. The number of hydrazone groups is 1. The predicted octanol–water partition coefficient (Wildman–Crippen LogP) is 3.63. The molecule has 0 aromatic heterocycles. The van der Waals surface area contributed by atoms with Crippen LogP contribution in [0.15, 0.2) is 53.6 Å². The minimum absolute atomic E-state index is 0.000349. The van der Waals surface area contributed by atoms with Crippen LogP contribution < -0.4 is 5.48 Å². The molecule has 160 valence electrons. The molecule has 2 aromatic rings. The average molecular weight is 435 g/mol. The number of hydrogen-bond acceptors (Lipinski definition) is 6. The molecule has 0 aliphatic carbocycles. The molecule has 0 fully saturated rings. The Kier molecular flexibility index (Phi) is 7.19. The molecule has 0 bridgehead atoms. The van der Waals surface area contributed by atoms with Crippen LogP contribution in [0.2, 0.25) is 0 Å². The summed E-state index contributed by atoms with van der Waals surface area (Å²) in [5.74, 6) is -1.59. The fraction of sp³-hybridized carbons (Fsp3) is 0.333. The van der Waals surface area contributed by atoms with E-state index >= 15 is 0 Å². The van der Waals surface area contributed by atoms with Gasteiger partial charge in [0.25, 0.3) is 5.91 Å². The molecule has 0 spiro atoms. The van der Waals surface area contributed by atoms with E-state index in [0.717, 1.165) is 23.8 Å². The van der Waals surface area contributed by atoms with Gasteiger partial charge in [-0.15, -0.1) is 0 Å². The van der Waals surface area contributed by atoms with Gasteiger partial charge in [-0.2, -0.15) is 5.10 Å². The number of carbonyl (C=O) groups excluding carboxylic acids is 1. The molecule has 9 heteroatoms. The lowest BCUT2D eigenvalue weighted by Crippen LogP contribution is -2.47. The van der Waals surface area contributed by atoms with Crippen molar-refractivity contribution in [1.29, 1.82) is 0 Å². The van der Waals surface area contributed by atoms with Crippen LogP contribution in [0.4, 0.5) is 8.78 Å².